The maximum absolute atomic E-state index is 12.1. The highest BCUT2D eigenvalue weighted by molar-refractivity contribution is 7.08. The molecule has 2 unspecified atom stereocenters. The van der Waals surface area contributed by atoms with Crippen LogP contribution in [0.25, 0.3) is 0 Å². The zero-order valence-electron chi connectivity index (χ0n) is 12.8. The number of thiophene rings is 1. The molecule has 1 aromatic heterocycles. The van der Waals surface area contributed by atoms with Gasteiger partial charge >= 0.3 is 18.1 Å². The van der Waals surface area contributed by atoms with Gasteiger partial charge in [-0.1, -0.05) is 0 Å². The molecule has 2 saturated heterocycles. The fourth-order valence-electron chi connectivity index (χ4n) is 3.03. The van der Waals surface area contributed by atoms with Crippen molar-refractivity contribution in [1.29, 1.82) is 0 Å². The first-order chi connectivity index (χ1) is 11.6. The maximum Gasteiger partial charge on any atom is 0.490 e. The number of hydrogen-bond acceptors (Lipinski definition) is 5. The van der Waals surface area contributed by atoms with Crippen molar-refractivity contribution < 1.29 is 37.8 Å². The molecule has 0 aromatic carbocycles. The largest absolute Gasteiger partial charge is 0.490 e. The summed E-state index contributed by atoms with van der Waals surface area (Å²) in [5.41, 5.74) is 0.953. The number of carbonyl (C=O) groups excluding carboxylic acids is 1. The number of aliphatic carboxylic acids is 2. The van der Waals surface area contributed by atoms with Crippen molar-refractivity contribution in [3.8, 4) is 0 Å². The summed E-state index contributed by atoms with van der Waals surface area (Å²) >= 11 is 1.57. The van der Waals surface area contributed by atoms with Crippen LogP contribution in [-0.2, 0) is 14.4 Å². The van der Waals surface area contributed by atoms with Crippen molar-refractivity contribution in [1.82, 2.24) is 4.90 Å². The molecule has 1 aromatic rings. The molecule has 0 spiro atoms. The molecule has 2 aliphatic rings. The van der Waals surface area contributed by atoms with Crippen LogP contribution < -0.4 is 4.90 Å². The van der Waals surface area contributed by atoms with Crippen molar-refractivity contribution in [3.63, 3.8) is 0 Å². The van der Waals surface area contributed by atoms with Crippen molar-refractivity contribution in [2.75, 3.05) is 18.0 Å². The van der Waals surface area contributed by atoms with E-state index in [4.69, 9.17) is 15.0 Å². The Morgan fingerprint density at radius 2 is 1.92 bits per heavy atom. The zero-order chi connectivity index (χ0) is 18.8. The van der Waals surface area contributed by atoms with Gasteiger partial charge in [-0.05, 0) is 17.9 Å². The highest BCUT2D eigenvalue weighted by Crippen LogP contribution is 2.36. The van der Waals surface area contributed by atoms with Crippen LogP contribution in [0.15, 0.2) is 16.8 Å². The van der Waals surface area contributed by atoms with E-state index in [0.29, 0.717) is 6.42 Å². The van der Waals surface area contributed by atoms with E-state index in [1.165, 1.54) is 0 Å². The summed E-state index contributed by atoms with van der Waals surface area (Å²) in [6.07, 6.45) is -3.78. The van der Waals surface area contributed by atoms with Crippen LogP contribution in [0.4, 0.5) is 18.9 Å². The number of anilines is 1. The molecule has 138 valence electrons. The molecule has 2 N–H and O–H groups in total. The quantitative estimate of drug-likeness (QED) is 0.828. The zero-order valence-corrected chi connectivity index (χ0v) is 13.6. The molecule has 0 bridgehead atoms. The van der Waals surface area contributed by atoms with E-state index in [1.54, 1.807) is 11.3 Å². The topological polar surface area (TPSA) is 98.1 Å². The summed E-state index contributed by atoms with van der Waals surface area (Å²) in [5.74, 6) is -3.47. The van der Waals surface area contributed by atoms with Gasteiger partial charge in [0.15, 0.2) is 0 Å². The molecule has 0 saturated carbocycles. The highest BCUT2D eigenvalue weighted by atomic mass is 32.1. The predicted octanol–water partition coefficient (Wildman–Crippen LogP) is 1.65. The van der Waals surface area contributed by atoms with Crippen LogP contribution in [0.2, 0.25) is 0 Å². The van der Waals surface area contributed by atoms with Crippen LogP contribution >= 0.6 is 11.3 Å². The van der Waals surface area contributed by atoms with Gasteiger partial charge in [-0.2, -0.15) is 24.5 Å². The predicted molar refractivity (Wildman–Crippen MR) is 81.5 cm³/mol. The fourth-order valence-corrected chi connectivity index (χ4v) is 3.66. The minimum atomic E-state index is -5.08. The number of rotatable bonds is 3. The minimum absolute atomic E-state index is 0.0337. The van der Waals surface area contributed by atoms with Crippen LogP contribution in [0.5, 0.6) is 0 Å². The van der Waals surface area contributed by atoms with Gasteiger partial charge in [0, 0.05) is 24.4 Å². The number of likely N-dealkylation sites (tertiary alicyclic amines) is 1. The van der Waals surface area contributed by atoms with Gasteiger partial charge in [0.2, 0.25) is 5.91 Å². The Morgan fingerprint density at radius 3 is 2.40 bits per heavy atom. The number of carbonyl (C=O) groups is 3. The van der Waals surface area contributed by atoms with Gasteiger partial charge in [-0.15, -0.1) is 0 Å². The Morgan fingerprint density at radius 1 is 1.28 bits per heavy atom. The Bertz CT molecular complexity index is 649. The van der Waals surface area contributed by atoms with Crippen molar-refractivity contribution in [2.24, 2.45) is 0 Å². The number of carboxylic acid groups (broad SMARTS) is 2. The van der Waals surface area contributed by atoms with Crippen molar-refractivity contribution in [2.45, 2.75) is 31.1 Å². The second-order valence-electron chi connectivity index (χ2n) is 5.54. The Labute approximate surface area is 144 Å². The molecule has 11 heteroatoms. The Hall–Kier alpha value is -2.14. The monoisotopic (exact) mass is 380 g/mol. The van der Waals surface area contributed by atoms with Crippen LogP contribution in [0, 0.1) is 0 Å². The molecule has 2 fully saturated rings. The maximum atomic E-state index is 12.1. The Kier molecular flexibility index (Phi) is 5.68. The lowest BCUT2D eigenvalue weighted by Gasteiger charge is -2.23. The number of hydrogen-bond donors (Lipinski definition) is 2. The minimum Gasteiger partial charge on any atom is -0.480 e. The second kappa shape index (κ2) is 7.40. The summed E-state index contributed by atoms with van der Waals surface area (Å²) < 4.78 is 31.7. The molecule has 0 aliphatic carbocycles. The smallest absolute Gasteiger partial charge is 0.480 e. The molecule has 7 nitrogen and oxygen atoms in total. The first kappa shape index (κ1) is 19.2. The molecule has 2 atom stereocenters. The summed E-state index contributed by atoms with van der Waals surface area (Å²) in [5, 5.41) is 19.9. The first-order valence-corrected chi connectivity index (χ1v) is 8.15. The Balaban J connectivity index is 0.000000277. The third-order valence-electron chi connectivity index (χ3n) is 3.97. The fraction of sp³-hybridized carbons (Fsp3) is 0.500. The average molecular weight is 380 g/mol. The molecule has 0 radical (unpaired) electrons. The number of amides is 1. The number of halogens is 3. The normalized spacial score (nSPS) is 23.2. The number of fused-ring (bicyclic) bond motifs is 1. The SMILES string of the molecule is O=C(O)C(F)(F)F.O=C(O)CN1CCC2C1CC(=O)N2c1ccsc1. The average Bonchev–Trinajstić information content (AvgIpc) is 3.16. The standard InChI is InChI=1S/C12H14N2O3S.C2HF3O2/c15-11-5-10-9(1-3-13(10)6-12(16)17)14(11)8-2-4-18-7-8;3-2(4,5)1(6)7/h2,4,7,9-10H,1,3,5-6H2,(H,16,17);(H,6,7). The van der Waals surface area contributed by atoms with Crippen molar-refractivity contribution >= 4 is 34.9 Å². The van der Waals surface area contributed by atoms with E-state index in [9.17, 15) is 22.8 Å². The van der Waals surface area contributed by atoms with E-state index in [1.807, 2.05) is 26.6 Å². The van der Waals surface area contributed by atoms with Gasteiger partial charge in [-0.3, -0.25) is 14.5 Å². The van der Waals surface area contributed by atoms with Crippen LogP contribution in [-0.4, -0.2) is 64.3 Å². The summed E-state index contributed by atoms with van der Waals surface area (Å²) in [6.45, 7) is 0.793. The van der Waals surface area contributed by atoms with E-state index in [2.05, 4.69) is 0 Å². The molecular formula is C14H15F3N2O5S. The van der Waals surface area contributed by atoms with Crippen LogP contribution in [0.3, 0.4) is 0 Å². The molecular weight excluding hydrogens is 365 g/mol. The van der Waals surface area contributed by atoms with Crippen molar-refractivity contribution in [3.05, 3.63) is 16.8 Å². The highest BCUT2D eigenvalue weighted by Gasteiger charge is 2.47. The summed E-state index contributed by atoms with van der Waals surface area (Å²) in [7, 11) is 0. The van der Waals surface area contributed by atoms with Gasteiger partial charge in [0.05, 0.1) is 18.3 Å². The lowest BCUT2D eigenvalue weighted by molar-refractivity contribution is -0.192. The molecule has 3 rings (SSSR count). The molecule has 25 heavy (non-hydrogen) atoms. The van der Waals surface area contributed by atoms with E-state index < -0.39 is 18.1 Å². The number of nitrogens with zero attached hydrogens (tertiary/aromatic N) is 2. The van der Waals surface area contributed by atoms with Gasteiger partial charge < -0.3 is 15.1 Å². The van der Waals surface area contributed by atoms with Gasteiger partial charge in [0.1, 0.15) is 0 Å². The van der Waals surface area contributed by atoms with E-state index in [-0.39, 0.29) is 24.5 Å². The lowest BCUT2D eigenvalue weighted by atomic mass is 10.1. The third-order valence-corrected chi connectivity index (χ3v) is 4.65. The second-order valence-corrected chi connectivity index (χ2v) is 6.32. The van der Waals surface area contributed by atoms with E-state index in [0.717, 1.165) is 18.7 Å². The first-order valence-electron chi connectivity index (χ1n) is 7.21. The molecule has 1 amide bonds. The number of alkyl halides is 3. The third kappa shape index (κ3) is 4.48. The van der Waals surface area contributed by atoms with Crippen LogP contribution in [0.1, 0.15) is 12.8 Å². The summed E-state index contributed by atoms with van der Waals surface area (Å²) in [6, 6.07) is 2.16. The van der Waals surface area contributed by atoms with E-state index >= 15 is 0 Å². The summed E-state index contributed by atoms with van der Waals surface area (Å²) in [4.78, 5) is 35.5. The lowest BCUT2D eigenvalue weighted by Crippen LogP contribution is -2.39. The van der Waals surface area contributed by atoms with Gasteiger partial charge in [0.25, 0.3) is 0 Å². The molecule has 3 heterocycles. The molecule has 2 aliphatic heterocycles. The number of carboxylic acids is 2. The van der Waals surface area contributed by atoms with Gasteiger partial charge in [-0.25, -0.2) is 4.79 Å².